The van der Waals surface area contributed by atoms with Crippen molar-refractivity contribution >= 4 is 19.8 Å². The fraction of sp³-hybridized carbons (Fsp3) is 0.702. The van der Waals surface area contributed by atoms with Crippen molar-refractivity contribution < 1.29 is 37.6 Å². The minimum absolute atomic E-state index is 0.0403. The lowest BCUT2D eigenvalue weighted by molar-refractivity contribution is -0.161. The molecule has 0 fully saturated rings. The second-order valence-electron chi connectivity index (χ2n) is 14.6. The molecule has 0 rings (SSSR count). The molecule has 0 aliphatic heterocycles. The minimum Gasteiger partial charge on any atom is -0.462 e. The van der Waals surface area contributed by atoms with Crippen LogP contribution in [-0.4, -0.2) is 49.3 Å². The molecule has 0 aliphatic carbocycles. The number of phosphoric acid groups is 1. The van der Waals surface area contributed by atoms with E-state index in [0.29, 0.717) is 12.8 Å². The summed E-state index contributed by atoms with van der Waals surface area (Å²) in [6.07, 6.45) is 52.3. The van der Waals surface area contributed by atoms with Crippen molar-refractivity contribution in [3.05, 3.63) is 72.9 Å². The van der Waals surface area contributed by atoms with Crippen molar-refractivity contribution in [3.63, 3.8) is 0 Å². The van der Waals surface area contributed by atoms with Crippen molar-refractivity contribution in [2.24, 2.45) is 5.73 Å². The quantitative estimate of drug-likeness (QED) is 0.0267. The number of carbonyl (C=O) groups excluding carboxylic acids is 2. The third kappa shape index (κ3) is 42.9. The van der Waals surface area contributed by atoms with Gasteiger partial charge in [-0.05, 0) is 77.0 Å². The largest absolute Gasteiger partial charge is 0.472 e. The fourth-order valence-electron chi connectivity index (χ4n) is 5.73. The number of nitrogens with two attached hydrogens (primary N) is 1. The predicted octanol–water partition coefficient (Wildman–Crippen LogP) is 13.1. The molecule has 0 aromatic carbocycles. The Labute approximate surface area is 348 Å². The molecule has 2 atom stereocenters. The number of rotatable bonds is 41. The van der Waals surface area contributed by atoms with Crippen LogP contribution in [0.5, 0.6) is 0 Å². The van der Waals surface area contributed by atoms with Crippen LogP contribution >= 0.6 is 7.82 Å². The first-order chi connectivity index (χ1) is 27.8. The van der Waals surface area contributed by atoms with Crippen LogP contribution in [-0.2, 0) is 32.7 Å². The van der Waals surface area contributed by atoms with Crippen LogP contribution in [0.3, 0.4) is 0 Å². The first-order valence-electron chi connectivity index (χ1n) is 22.4. The maximum absolute atomic E-state index is 12.6. The molecule has 0 amide bonds. The summed E-state index contributed by atoms with van der Waals surface area (Å²) in [5, 5.41) is 0. The third-order valence-corrected chi connectivity index (χ3v) is 10.1. The van der Waals surface area contributed by atoms with E-state index in [0.717, 1.165) is 51.4 Å². The smallest absolute Gasteiger partial charge is 0.462 e. The lowest BCUT2D eigenvalue weighted by Gasteiger charge is -2.19. The number of unbranched alkanes of at least 4 members (excludes halogenated alkanes) is 16. The van der Waals surface area contributed by atoms with Crippen LogP contribution in [0.1, 0.15) is 181 Å². The molecule has 0 heterocycles. The van der Waals surface area contributed by atoms with E-state index in [1.807, 2.05) is 12.2 Å². The normalized spacial score (nSPS) is 14.0. The van der Waals surface area contributed by atoms with Crippen LogP contribution in [0.2, 0.25) is 0 Å². The first-order valence-corrected chi connectivity index (χ1v) is 23.9. The summed E-state index contributed by atoms with van der Waals surface area (Å²) in [6, 6.07) is 0. The lowest BCUT2D eigenvalue weighted by Crippen LogP contribution is -2.29. The third-order valence-electron chi connectivity index (χ3n) is 9.08. The van der Waals surface area contributed by atoms with Gasteiger partial charge in [-0.1, -0.05) is 164 Å². The molecule has 10 heteroatoms. The van der Waals surface area contributed by atoms with E-state index in [1.54, 1.807) is 0 Å². The minimum atomic E-state index is -4.40. The molecule has 0 saturated carbocycles. The van der Waals surface area contributed by atoms with Crippen molar-refractivity contribution in [2.75, 3.05) is 26.4 Å². The van der Waals surface area contributed by atoms with Crippen LogP contribution < -0.4 is 5.73 Å². The summed E-state index contributed by atoms with van der Waals surface area (Å²) in [4.78, 5) is 34.9. The average molecular weight is 820 g/mol. The van der Waals surface area contributed by atoms with Crippen molar-refractivity contribution in [3.8, 4) is 0 Å². The maximum atomic E-state index is 12.6. The Morgan fingerprint density at radius 1 is 0.526 bits per heavy atom. The number of phosphoric ester groups is 1. The zero-order chi connectivity index (χ0) is 41.8. The molecular weight excluding hydrogens is 737 g/mol. The van der Waals surface area contributed by atoms with Crippen molar-refractivity contribution in [2.45, 2.75) is 187 Å². The Hall–Kier alpha value is -2.55. The van der Waals surface area contributed by atoms with E-state index in [4.69, 9.17) is 24.3 Å². The molecule has 0 aliphatic rings. The van der Waals surface area contributed by atoms with E-state index >= 15 is 0 Å². The summed E-state index contributed by atoms with van der Waals surface area (Å²) in [7, 11) is -4.40. The second-order valence-corrected chi connectivity index (χ2v) is 16.0. The Morgan fingerprint density at radius 3 is 1.47 bits per heavy atom. The van der Waals surface area contributed by atoms with E-state index in [-0.39, 0.29) is 32.6 Å². The molecule has 0 radical (unpaired) electrons. The standard InChI is InChI=1S/C47H82NO8P/c1-3-5-7-9-11-13-15-17-19-21-22-24-25-27-29-31-33-35-37-39-46(49)53-43-45(44-55-57(51,52)54-42-41-48)56-47(50)40-38-36-34-32-30-28-26-23-20-18-16-14-12-10-8-6-4-2/h11,13,17-20,22,24,27,29,33,35,45H,3-10,12,14-16,21,23,25-26,28,30-32,34,36-44,48H2,1-2H3,(H,51,52)/b13-11-,19-17-,20-18-,24-22-,29-27-,35-33-/t45-/m1/s1. The van der Waals surface area contributed by atoms with Gasteiger partial charge in [0.25, 0.3) is 0 Å². The van der Waals surface area contributed by atoms with Crippen molar-refractivity contribution in [1.29, 1.82) is 0 Å². The summed E-state index contributed by atoms with van der Waals surface area (Å²) >= 11 is 0. The maximum Gasteiger partial charge on any atom is 0.472 e. The van der Waals surface area contributed by atoms with Crippen molar-refractivity contribution in [1.82, 2.24) is 0 Å². The molecule has 0 spiro atoms. The van der Waals surface area contributed by atoms with Gasteiger partial charge < -0.3 is 20.1 Å². The number of esters is 2. The first kappa shape index (κ1) is 54.5. The molecule has 3 N–H and O–H groups in total. The van der Waals surface area contributed by atoms with Gasteiger partial charge in [-0.15, -0.1) is 0 Å². The summed E-state index contributed by atoms with van der Waals surface area (Å²) < 4.78 is 32.7. The highest BCUT2D eigenvalue weighted by Crippen LogP contribution is 2.43. The van der Waals surface area contributed by atoms with Crippen LogP contribution in [0.25, 0.3) is 0 Å². The van der Waals surface area contributed by atoms with Gasteiger partial charge >= 0.3 is 19.8 Å². The average Bonchev–Trinajstić information content (AvgIpc) is 3.20. The van der Waals surface area contributed by atoms with Gasteiger partial charge in [0.05, 0.1) is 13.2 Å². The Balaban J connectivity index is 4.28. The van der Waals surface area contributed by atoms with E-state index in [2.05, 4.69) is 74.6 Å². The number of carbonyl (C=O) groups is 2. The molecular formula is C47H82NO8P. The lowest BCUT2D eigenvalue weighted by atomic mass is 10.1. The molecule has 0 saturated heterocycles. The van der Waals surface area contributed by atoms with E-state index in [1.165, 1.54) is 89.9 Å². The van der Waals surface area contributed by atoms with Gasteiger partial charge in [-0.2, -0.15) is 0 Å². The van der Waals surface area contributed by atoms with Crippen LogP contribution in [0.15, 0.2) is 72.9 Å². The molecule has 328 valence electrons. The van der Waals surface area contributed by atoms with Crippen LogP contribution in [0, 0.1) is 0 Å². The number of hydrogen-bond acceptors (Lipinski definition) is 8. The summed E-state index contributed by atoms with van der Waals surface area (Å²) in [5.41, 5.74) is 5.34. The predicted molar refractivity (Wildman–Crippen MR) is 238 cm³/mol. The molecule has 0 aromatic heterocycles. The molecule has 9 nitrogen and oxygen atoms in total. The highest BCUT2D eigenvalue weighted by Gasteiger charge is 2.25. The van der Waals surface area contributed by atoms with Gasteiger partial charge in [0.2, 0.25) is 0 Å². The molecule has 57 heavy (non-hydrogen) atoms. The van der Waals surface area contributed by atoms with E-state index < -0.39 is 32.5 Å². The van der Waals surface area contributed by atoms with Gasteiger partial charge in [0, 0.05) is 19.4 Å². The monoisotopic (exact) mass is 820 g/mol. The van der Waals surface area contributed by atoms with Gasteiger partial charge in [-0.3, -0.25) is 18.6 Å². The number of hydrogen-bond donors (Lipinski definition) is 2. The highest BCUT2D eigenvalue weighted by atomic mass is 31.2. The molecule has 0 aromatic rings. The number of ether oxygens (including phenoxy) is 2. The van der Waals surface area contributed by atoms with Gasteiger partial charge in [-0.25, -0.2) is 4.57 Å². The van der Waals surface area contributed by atoms with E-state index in [9.17, 15) is 19.0 Å². The zero-order valence-electron chi connectivity index (χ0n) is 36.0. The summed E-state index contributed by atoms with van der Waals surface area (Å²) in [6.45, 7) is 3.60. The van der Waals surface area contributed by atoms with Gasteiger partial charge in [0.15, 0.2) is 6.10 Å². The van der Waals surface area contributed by atoms with Crippen LogP contribution in [0.4, 0.5) is 0 Å². The topological polar surface area (TPSA) is 134 Å². The second kappa shape index (κ2) is 43.0. The molecule has 1 unspecified atom stereocenters. The number of allylic oxidation sites excluding steroid dienone is 12. The Morgan fingerprint density at radius 2 is 0.947 bits per heavy atom. The Kier molecular flexibility index (Phi) is 41.1. The fourth-order valence-corrected chi connectivity index (χ4v) is 6.49. The zero-order valence-corrected chi connectivity index (χ0v) is 36.9. The Bertz CT molecular complexity index is 1160. The van der Waals surface area contributed by atoms with Gasteiger partial charge in [0.1, 0.15) is 6.61 Å². The molecule has 0 bridgehead atoms. The SMILES string of the molecule is CCCCC/C=C\C/C=C\C/C=C\C/C=C\C/C=C\CCC(=O)OC[C@H](COP(=O)(O)OCCN)OC(=O)CCCCCCCCC/C=C\CCCCCCCC. The summed E-state index contributed by atoms with van der Waals surface area (Å²) in [5.74, 6) is -0.933. The highest BCUT2D eigenvalue weighted by molar-refractivity contribution is 7.47.